The van der Waals surface area contributed by atoms with Gasteiger partial charge < -0.3 is 20.9 Å². The van der Waals surface area contributed by atoms with E-state index in [2.05, 4.69) is 19.2 Å². The van der Waals surface area contributed by atoms with Gasteiger partial charge in [0.25, 0.3) is 0 Å². The summed E-state index contributed by atoms with van der Waals surface area (Å²) < 4.78 is 0. The van der Waals surface area contributed by atoms with Crippen molar-refractivity contribution in [2.75, 3.05) is 26.2 Å². The lowest BCUT2D eigenvalue weighted by Gasteiger charge is -2.37. The molecule has 2 fully saturated rings. The number of nitrogens with zero attached hydrogens (tertiary/aromatic N) is 2. The first-order valence-corrected chi connectivity index (χ1v) is 10.1. The Balaban J connectivity index is 1.97. The molecule has 0 aromatic rings. The molecule has 3 amide bonds. The number of rotatable bonds is 8. The molecule has 2 heterocycles. The molecule has 0 radical (unpaired) electrons. The van der Waals surface area contributed by atoms with Crippen molar-refractivity contribution in [2.45, 2.75) is 70.9 Å². The Kier molecular flexibility index (Phi) is 7.87. The third-order valence-electron chi connectivity index (χ3n) is 5.71. The third-order valence-corrected chi connectivity index (χ3v) is 5.71. The van der Waals surface area contributed by atoms with Gasteiger partial charge >= 0.3 is 0 Å². The van der Waals surface area contributed by atoms with E-state index >= 15 is 0 Å². The molecule has 0 aromatic carbocycles. The van der Waals surface area contributed by atoms with E-state index < -0.39 is 0 Å². The van der Waals surface area contributed by atoms with Crippen LogP contribution in [-0.2, 0) is 14.4 Å². The molecule has 7 heteroatoms. The molecule has 7 nitrogen and oxygen atoms in total. The summed E-state index contributed by atoms with van der Waals surface area (Å²) in [4.78, 5) is 41.0. The number of likely N-dealkylation sites (tertiary alicyclic amines) is 2. The highest BCUT2D eigenvalue weighted by Crippen LogP contribution is 2.27. The van der Waals surface area contributed by atoms with E-state index in [1.54, 1.807) is 0 Å². The summed E-state index contributed by atoms with van der Waals surface area (Å²) in [6, 6.07) is 0.253. The van der Waals surface area contributed by atoms with Gasteiger partial charge in [-0.1, -0.05) is 13.8 Å². The van der Waals surface area contributed by atoms with Crippen molar-refractivity contribution < 1.29 is 14.4 Å². The van der Waals surface area contributed by atoms with Crippen LogP contribution in [0.4, 0.5) is 0 Å². The fourth-order valence-corrected chi connectivity index (χ4v) is 4.17. The minimum absolute atomic E-state index is 0.0234. The molecule has 148 valence electrons. The summed E-state index contributed by atoms with van der Waals surface area (Å²) in [5.41, 5.74) is 5.41. The lowest BCUT2D eigenvalue weighted by molar-refractivity contribution is -0.139. The van der Waals surface area contributed by atoms with Gasteiger partial charge in [0.1, 0.15) is 0 Å². The average Bonchev–Trinajstić information content (AvgIpc) is 3.03. The Labute approximate surface area is 156 Å². The Morgan fingerprint density at radius 3 is 2.65 bits per heavy atom. The molecule has 0 bridgehead atoms. The molecule has 2 saturated heterocycles. The highest BCUT2D eigenvalue weighted by molar-refractivity contribution is 5.89. The van der Waals surface area contributed by atoms with Crippen LogP contribution in [0.15, 0.2) is 0 Å². The van der Waals surface area contributed by atoms with Crippen LogP contribution in [-0.4, -0.2) is 65.8 Å². The van der Waals surface area contributed by atoms with Crippen molar-refractivity contribution in [1.29, 1.82) is 0 Å². The smallest absolute Gasteiger partial charge is 0.228 e. The highest BCUT2D eigenvalue weighted by Gasteiger charge is 2.40. The quantitative estimate of drug-likeness (QED) is 0.666. The first kappa shape index (κ1) is 20.7. The largest absolute Gasteiger partial charge is 0.354 e. The first-order chi connectivity index (χ1) is 12.5. The molecule has 0 spiro atoms. The van der Waals surface area contributed by atoms with Gasteiger partial charge in [-0.15, -0.1) is 0 Å². The monoisotopic (exact) mass is 366 g/mol. The molecule has 0 aliphatic carbocycles. The predicted octanol–water partition coefficient (Wildman–Crippen LogP) is 0.870. The number of hydrogen-bond acceptors (Lipinski definition) is 4. The topological polar surface area (TPSA) is 95.7 Å². The van der Waals surface area contributed by atoms with Gasteiger partial charge in [-0.05, 0) is 32.1 Å². The summed E-state index contributed by atoms with van der Waals surface area (Å²) in [5.74, 6) is -0.142. The second-order valence-electron chi connectivity index (χ2n) is 7.44. The number of hydrogen-bond donors (Lipinski definition) is 2. The Bertz CT molecular complexity index is 507. The zero-order chi connectivity index (χ0) is 19.1. The predicted molar refractivity (Wildman–Crippen MR) is 100 cm³/mol. The van der Waals surface area contributed by atoms with E-state index in [1.807, 2.05) is 9.80 Å². The highest BCUT2D eigenvalue weighted by atomic mass is 16.2. The van der Waals surface area contributed by atoms with Gasteiger partial charge in [0, 0.05) is 51.1 Å². The summed E-state index contributed by atoms with van der Waals surface area (Å²) in [5, 5.41) is 2.89. The molecular weight excluding hydrogens is 332 g/mol. The standard InChI is InChI=1S/C19H34N4O3/c1-3-15(4-2)23-13-14(11-18(23)25)19(26)22-10-6-5-7-16(22)12-21-17(24)8-9-20/h14-16H,3-13,20H2,1-2H3,(H,21,24). The first-order valence-electron chi connectivity index (χ1n) is 10.1. The van der Waals surface area contributed by atoms with Crippen LogP contribution >= 0.6 is 0 Å². The maximum absolute atomic E-state index is 13.1. The second-order valence-corrected chi connectivity index (χ2v) is 7.44. The lowest BCUT2D eigenvalue weighted by atomic mass is 9.98. The number of piperidine rings is 1. The number of nitrogens with one attached hydrogen (secondary N) is 1. The van der Waals surface area contributed by atoms with Crippen LogP contribution in [0.1, 0.15) is 58.8 Å². The van der Waals surface area contributed by atoms with Gasteiger partial charge in [0.15, 0.2) is 0 Å². The zero-order valence-corrected chi connectivity index (χ0v) is 16.2. The molecule has 2 aliphatic rings. The van der Waals surface area contributed by atoms with Crippen molar-refractivity contribution in [1.82, 2.24) is 15.1 Å². The summed E-state index contributed by atoms with van der Waals surface area (Å²) in [6.45, 7) is 6.22. The minimum Gasteiger partial charge on any atom is -0.354 e. The van der Waals surface area contributed by atoms with Crippen LogP contribution < -0.4 is 11.1 Å². The van der Waals surface area contributed by atoms with Crippen molar-refractivity contribution >= 4 is 17.7 Å². The number of nitrogens with two attached hydrogens (primary N) is 1. The van der Waals surface area contributed by atoms with E-state index in [9.17, 15) is 14.4 Å². The Hall–Kier alpha value is -1.63. The average molecular weight is 367 g/mol. The second kappa shape index (κ2) is 9.90. The third kappa shape index (κ3) is 4.96. The Morgan fingerprint density at radius 2 is 2.00 bits per heavy atom. The van der Waals surface area contributed by atoms with Gasteiger partial charge in [-0.25, -0.2) is 0 Å². The molecular formula is C19H34N4O3. The number of amides is 3. The molecule has 2 rings (SSSR count). The summed E-state index contributed by atoms with van der Waals surface area (Å²) >= 11 is 0. The zero-order valence-electron chi connectivity index (χ0n) is 16.2. The van der Waals surface area contributed by atoms with E-state index in [0.29, 0.717) is 39.0 Å². The normalized spacial score (nSPS) is 23.6. The van der Waals surface area contributed by atoms with Gasteiger partial charge in [0.2, 0.25) is 17.7 Å². The molecule has 3 N–H and O–H groups in total. The molecule has 26 heavy (non-hydrogen) atoms. The van der Waals surface area contributed by atoms with Crippen LogP contribution in [0.3, 0.4) is 0 Å². The van der Waals surface area contributed by atoms with Crippen molar-refractivity contribution in [2.24, 2.45) is 11.7 Å². The van der Waals surface area contributed by atoms with Crippen LogP contribution in [0.5, 0.6) is 0 Å². The summed E-state index contributed by atoms with van der Waals surface area (Å²) in [7, 11) is 0. The van der Waals surface area contributed by atoms with Crippen molar-refractivity contribution in [3.05, 3.63) is 0 Å². The minimum atomic E-state index is -0.247. The Morgan fingerprint density at radius 1 is 1.27 bits per heavy atom. The van der Waals surface area contributed by atoms with Gasteiger partial charge in [-0.2, -0.15) is 0 Å². The van der Waals surface area contributed by atoms with Crippen molar-refractivity contribution in [3.8, 4) is 0 Å². The van der Waals surface area contributed by atoms with E-state index in [1.165, 1.54) is 0 Å². The molecule has 2 atom stereocenters. The van der Waals surface area contributed by atoms with Crippen LogP contribution in [0, 0.1) is 5.92 Å². The molecule has 2 aliphatic heterocycles. The molecule has 2 unspecified atom stereocenters. The summed E-state index contributed by atoms with van der Waals surface area (Å²) in [6.07, 6.45) is 5.40. The molecule has 0 aromatic heterocycles. The van der Waals surface area contributed by atoms with E-state index in [-0.39, 0.29) is 35.7 Å². The maximum Gasteiger partial charge on any atom is 0.228 e. The SMILES string of the molecule is CCC(CC)N1CC(C(=O)N2CCCCC2CNC(=O)CCN)CC1=O. The van der Waals surface area contributed by atoms with Gasteiger partial charge in [-0.3, -0.25) is 14.4 Å². The van der Waals surface area contributed by atoms with Crippen molar-refractivity contribution in [3.63, 3.8) is 0 Å². The fraction of sp³-hybridized carbons (Fsp3) is 0.842. The fourth-order valence-electron chi connectivity index (χ4n) is 4.17. The lowest BCUT2D eigenvalue weighted by Crippen LogP contribution is -2.51. The van der Waals surface area contributed by atoms with E-state index in [0.717, 1.165) is 32.1 Å². The maximum atomic E-state index is 13.1. The number of carbonyl (C=O) groups is 3. The number of carbonyl (C=O) groups excluding carboxylic acids is 3. The van der Waals surface area contributed by atoms with Crippen LogP contribution in [0.25, 0.3) is 0 Å². The van der Waals surface area contributed by atoms with Gasteiger partial charge in [0.05, 0.1) is 5.92 Å². The van der Waals surface area contributed by atoms with Crippen LogP contribution in [0.2, 0.25) is 0 Å². The van der Waals surface area contributed by atoms with E-state index in [4.69, 9.17) is 5.73 Å². The molecule has 0 saturated carbocycles.